The third kappa shape index (κ3) is 5.49. The van der Waals surface area contributed by atoms with E-state index >= 15 is 0 Å². The molecule has 0 aliphatic rings. The van der Waals surface area contributed by atoms with Crippen LogP contribution in [0.5, 0.6) is 0 Å². The molecule has 0 amide bonds. The van der Waals surface area contributed by atoms with Gasteiger partial charge in [-0.3, -0.25) is 0 Å². The van der Waals surface area contributed by atoms with Crippen molar-refractivity contribution in [3.8, 4) is 51.0 Å². The molecule has 0 fully saturated rings. The Labute approximate surface area is 360 Å². The fraction of sp³-hybridized carbons (Fsp3) is 0. The van der Waals surface area contributed by atoms with E-state index in [0.717, 1.165) is 44.4 Å². The first-order valence-electron chi connectivity index (χ1n) is 20.9. The molecule has 0 spiro atoms. The number of fused-ring (bicyclic) bond motifs is 10. The maximum absolute atomic E-state index is 5.38. The molecule has 3 heterocycles. The smallest absolute Gasteiger partial charge is 0.164 e. The number of thiophene rings is 1. The van der Waals surface area contributed by atoms with Crippen LogP contribution >= 0.6 is 11.3 Å². The Bertz CT molecular complexity index is 3940. The molecule has 0 radical (unpaired) electrons. The Morgan fingerprint density at radius 3 is 1.79 bits per heavy atom. The predicted molar refractivity (Wildman–Crippen MR) is 261 cm³/mol. The molecular weight excluding hydrogens is 773 g/mol. The number of rotatable bonds is 5. The number of hydrogen-bond acceptors (Lipinski definition) is 4. The molecule has 0 atom stereocenters. The van der Waals surface area contributed by atoms with Crippen molar-refractivity contribution in [1.29, 1.82) is 0 Å². The van der Waals surface area contributed by atoms with E-state index in [1.807, 2.05) is 29.5 Å². The van der Waals surface area contributed by atoms with Crippen LogP contribution in [-0.2, 0) is 0 Å². The standard InChI is InChI=1S/C57H34N4S/c1-2-15-36(16-3-1)55-58-56(41-27-26-35-14-4-5-17-37(35)30-41)60-57(59-55)45-29-28-42(61-50-24-12-10-22-44(50)48-31-38-18-6-7-19-39(38)33-51(48)61)34-47(45)49-32-40-20-8-9-21-43(40)54-53(49)46-23-11-13-25-52(46)62-54/h1-34H. The Balaban J connectivity index is 1.15. The van der Waals surface area contributed by atoms with Gasteiger partial charge in [0.1, 0.15) is 0 Å². The van der Waals surface area contributed by atoms with E-state index < -0.39 is 0 Å². The summed E-state index contributed by atoms with van der Waals surface area (Å²) in [5, 5.41) is 12.1. The lowest BCUT2D eigenvalue weighted by Gasteiger charge is -2.17. The highest BCUT2D eigenvalue weighted by atomic mass is 32.1. The largest absolute Gasteiger partial charge is 0.309 e. The third-order valence-corrected chi connectivity index (χ3v) is 13.6. The van der Waals surface area contributed by atoms with Crippen LogP contribution in [0, 0.1) is 0 Å². The van der Waals surface area contributed by atoms with E-state index in [2.05, 4.69) is 193 Å². The molecule has 0 N–H and O–H groups in total. The minimum atomic E-state index is 0.623. The molecule has 0 aliphatic carbocycles. The molecule has 288 valence electrons. The number of aromatic nitrogens is 4. The van der Waals surface area contributed by atoms with E-state index in [4.69, 9.17) is 15.0 Å². The second-order valence-electron chi connectivity index (χ2n) is 16.0. The number of para-hydroxylation sites is 1. The highest BCUT2D eigenvalue weighted by Gasteiger charge is 2.22. The van der Waals surface area contributed by atoms with Crippen molar-refractivity contribution < 1.29 is 0 Å². The van der Waals surface area contributed by atoms with Crippen LogP contribution in [0.15, 0.2) is 206 Å². The van der Waals surface area contributed by atoms with Crippen molar-refractivity contribution in [2.75, 3.05) is 0 Å². The second-order valence-corrected chi connectivity index (χ2v) is 17.0. The van der Waals surface area contributed by atoms with Crippen molar-refractivity contribution >= 4 is 85.6 Å². The van der Waals surface area contributed by atoms with Crippen LogP contribution in [0.3, 0.4) is 0 Å². The average molecular weight is 807 g/mol. The first-order chi connectivity index (χ1) is 30.7. The van der Waals surface area contributed by atoms with Gasteiger partial charge in [-0.15, -0.1) is 11.3 Å². The molecule has 0 saturated carbocycles. The van der Waals surface area contributed by atoms with Crippen molar-refractivity contribution in [2.45, 2.75) is 0 Å². The molecule has 0 saturated heterocycles. The van der Waals surface area contributed by atoms with Gasteiger partial charge in [0.15, 0.2) is 17.5 Å². The topological polar surface area (TPSA) is 43.6 Å². The van der Waals surface area contributed by atoms with Gasteiger partial charge in [0.05, 0.1) is 11.0 Å². The Kier molecular flexibility index (Phi) is 7.74. The van der Waals surface area contributed by atoms with E-state index in [0.29, 0.717) is 17.5 Å². The zero-order chi connectivity index (χ0) is 40.7. The maximum atomic E-state index is 5.38. The van der Waals surface area contributed by atoms with E-state index in [9.17, 15) is 0 Å². The molecule has 0 unspecified atom stereocenters. The van der Waals surface area contributed by atoms with Gasteiger partial charge in [-0.25, -0.2) is 15.0 Å². The van der Waals surface area contributed by atoms with Gasteiger partial charge in [-0.05, 0) is 98.0 Å². The molecule has 0 aliphatic heterocycles. The Morgan fingerprint density at radius 2 is 0.968 bits per heavy atom. The van der Waals surface area contributed by atoms with Crippen LogP contribution < -0.4 is 0 Å². The van der Waals surface area contributed by atoms with Gasteiger partial charge in [0, 0.05) is 53.3 Å². The minimum absolute atomic E-state index is 0.623. The highest BCUT2D eigenvalue weighted by molar-refractivity contribution is 7.26. The number of hydrogen-bond donors (Lipinski definition) is 0. The molecule has 5 heteroatoms. The first-order valence-corrected chi connectivity index (χ1v) is 21.7. The van der Waals surface area contributed by atoms with Crippen molar-refractivity contribution in [1.82, 2.24) is 19.5 Å². The molecule has 13 aromatic rings. The summed E-state index contributed by atoms with van der Waals surface area (Å²) in [6, 6.07) is 74.0. The normalized spacial score (nSPS) is 11.9. The summed E-state index contributed by atoms with van der Waals surface area (Å²) in [4.78, 5) is 15.9. The fourth-order valence-electron chi connectivity index (χ4n) is 9.46. The van der Waals surface area contributed by atoms with Crippen LogP contribution in [0.25, 0.3) is 125 Å². The van der Waals surface area contributed by atoms with E-state index in [1.165, 1.54) is 63.4 Å². The average Bonchev–Trinajstić information content (AvgIpc) is 3.89. The molecule has 4 nitrogen and oxygen atoms in total. The quantitative estimate of drug-likeness (QED) is 0.174. The SMILES string of the molecule is c1ccc(-c2nc(-c3ccc4ccccc4c3)nc(-c3ccc(-n4c5ccccc5c5cc6ccccc6cc54)cc3-c3cc4ccccc4c4sc5ccccc5c34)n2)cc1. The summed E-state index contributed by atoms with van der Waals surface area (Å²) in [7, 11) is 0. The highest BCUT2D eigenvalue weighted by Crippen LogP contribution is 2.47. The first kappa shape index (κ1) is 34.8. The number of nitrogens with zero attached hydrogens (tertiary/aromatic N) is 4. The molecule has 0 bridgehead atoms. The summed E-state index contributed by atoms with van der Waals surface area (Å²) in [5.74, 6) is 1.89. The predicted octanol–water partition coefficient (Wildman–Crippen LogP) is 15.5. The molecule has 62 heavy (non-hydrogen) atoms. The van der Waals surface area contributed by atoms with Crippen LogP contribution in [0.4, 0.5) is 0 Å². The van der Waals surface area contributed by atoms with E-state index in [-0.39, 0.29) is 0 Å². The lowest BCUT2D eigenvalue weighted by atomic mass is 9.91. The van der Waals surface area contributed by atoms with Crippen molar-refractivity contribution in [2.24, 2.45) is 0 Å². The number of benzene rings is 10. The van der Waals surface area contributed by atoms with Crippen LogP contribution in [0.2, 0.25) is 0 Å². The van der Waals surface area contributed by atoms with Gasteiger partial charge in [0.25, 0.3) is 0 Å². The molecule has 3 aromatic heterocycles. The summed E-state index contributed by atoms with van der Waals surface area (Å²) >= 11 is 1.86. The summed E-state index contributed by atoms with van der Waals surface area (Å²) in [6.45, 7) is 0. The van der Waals surface area contributed by atoms with Gasteiger partial charge in [-0.1, -0.05) is 152 Å². The van der Waals surface area contributed by atoms with Gasteiger partial charge in [0.2, 0.25) is 0 Å². The van der Waals surface area contributed by atoms with Gasteiger partial charge in [-0.2, -0.15) is 0 Å². The second kappa shape index (κ2) is 13.8. The Hall–Kier alpha value is -7.99. The molecular formula is C57H34N4S. The van der Waals surface area contributed by atoms with Crippen molar-refractivity contribution in [3.63, 3.8) is 0 Å². The molecule has 13 rings (SSSR count). The van der Waals surface area contributed by atoms with Gasteiger partial charge < -0.3 is 4.57 Å². The van der Waals surface area contributed by atoms with Gasteiger partial charge >= 0.3 is 0 Å². The minimum Gasteiger partial charge on any atom is -0.309 e. The summed E-state index contributed by atoms with van der Waals surface area (Å²) < 4.78 is 4.96. The maximum Gasteiger partial charge on any atom is 0.164 e. The monoisotopic (exact) mass is 806 g/mol. The zero-order valence-corrected chi connectivity index (χ0v) is 34.1. The molecule has 10 aromatic carbocycles. The summed E-state index contributed by atoms with van der Waals surface area (Å²) in [5.41, 5.74) is 8.41. The lowest BCUT2D eigenvalue weighted by Crippen LogP contribution is -2.02. The fourth-order valence-corrected chi connectivity index (χ4v) is 10.7. The third-order valence-electron chi connectivity index (χ3n) is 12.4. The van der Waals surface area contributed by atoms with Crippen molar-refractivity contribution in [3.05, 3.63) is 206 Å². The van der Waals surface area contributed by atoms with E-state index in [1.54, 1.807) is 0 Å². The van der Waals surface area contributed by atoms with Crippen LogP contribution in [0.1, 0.15) is 0 Å². The lowest BCUT2D eigenvalue weighted by molar-refractivity contribution is 1.07. The Morgan fingerprint density at radius 1 is 0.339 bits per heavy atom. The zero-order valence-electron chi connectivity index (χ0n) is 33.3. The summed E-state index contributed by atoms with van der Waals surface area (Å²) in [6.07, 6.45) is 0. The van der Waals surface area contributed by atoms with Crippen LogP contribution in [-0.4, -0.2) is 19.5 Å².